The minimum atomic E-state index is -1.20. The van der Waals surface area contributed by atoms with Gasteiger partial charge in [-0.25, -0.2) is 4.79 Å². The van der Waals surface area contributed by atoms with E-state index in [-0.39, 0.29) is 26.0 Å². The molecule has 0 fully saturated rings. The van der Waals surface area contributed by atoms with Crippen molar-refractivity contribution in [3.8, 4) is 11.1 Å². The number of hydrogen-bond acceptors (Lipinski definition) is 4. The highest BCUT2D eigenvalue weighted by molar-refractivity contribution is 5.97. The summed E-state index contributed by atoms with van der Waals surface area (Å²) in [5.41, 5.74) is 9.98. The molecule has 4 N–H and O–H groups in total. The lowest BCUT2D eigenvalue weighted by Gasteiger charge is -2.29. The third kappa shape index (κ3) is 6.30. The van der Waals surface area contributed by atoms with Gasteiger partial charge in [-0.1, -0.05) is 66.2 Å². The van der Waals surface area contributed by atoms with Crippen LogP contribution in [0.15, 0.2) is 72.8 Å². The quantitative estimate of drug-likeness (QED) is 0.427. The van der Waals surface area contributed by atoms with Crippen molar-refractivity contribution in [1.29, 1.82) is 0 Å². The molecule has 3 aromatic rings. The zero-order valence-electron chi connectivity index (χ0n) is 19.0. The molecule has 0 bridgehead atoms. The number of carboxylic acids is 1. The van der Waals surface area contributed by atoms with E-state index in [1.165, 1.54) is 4.90 Å². The second-order valence-corrected chi connectivity index (χ2v) is 8.21. The smallest absolute Gasteiger partial charge is 0.326 e. The molecule has 0 spiro atoms. The van der Waals surface area contributed by atoms with E-state index in [1.54, 1.807) is 24.3 Å². The number of rotatable bonds is 10. The van der Waals surface area contributed by atoms with Crippen molar-refractivity contribution in [3.63, 3.8) is 0 Å². The first-order valence-corrected chi connectivity index (χ1v) is 11.0. The van der Waals surface area contributed by atoms with Crippen molar-refractivity contribution in [3.05, 3.63) is 95.1 Å². The van der Waals surface area contributed by atoms with Crippen molar-refractivity contribution in [1.82, 2.24) is 4.90 Å². The van der Waals surface area contributed by atoms with Crippen molar-refractivity contribution >= 4 is 17.8 Å². The molecule has 0 radical (unpaired) electrons. The van der Waals surface area contributed by atoms with Crippen LogP contribution in [0.1, 0.15) is 39.9 Å². The van der Waals surface area contributed by atoms with E-state index in [0.29, 0.717) is 5.56 Å². The van der Waals surface area contributed by atoms with Crippen molar-refractivity contribution in [2.75, 3.05) is 0 Å². The van der Waals surface area contributed by atoms with Crippen molar-refractivity contribution < 1.29 is 24.6 Å². The summed E-state index contributed by atoms with van der Waals surface area (Å²) < 4.78 is 0. The Hall–Kier alpha value is -3.97. The Morgan fingerprint density at radius 3 is 2.06 bits per heavy atom. The standard InChI is InChI=1S/C27H28N2O5/c1-18-3-2-4-20(15-18)16-29(24(27(33)34)13-14-25(28)31)26(32)23-11-9-22(10-12-23)21-7-5-19(17-30)6-8-21/h2-12,15,24,30H,13-14,16-17H2,1H3,(H2,28,31)(H,33,34)/t24-/m0/s1. The summed E-state index contributed by atoms with van der Waals surface area (Å²) in [6.45, 7) is 1.97. The molecule has 1 atom stereocenters. The summed E-state index contributed by atoms with van der Waals surface area (Å²) >= 11 is 0. The third-order valence-corrected chi connectivity index (χ3v) is 5.62. The van der Waals surface area contributed by atoms with Crippen LogP contribution in [0.5, 0.6) is 0 Å². The summed E-state index contributed by atoms with van der Waals surface area (Å²) in [6.07, 6.45) is -0.213. The summed E-state index contributed by atoms with van der Waals surface area (Å²) in [6, 6.07) is 20.6. The second-order valence-electron chi connectivity index (χ2n) is 8.21. The topological polar surface area (TPSA) is 121 Å². The van der Waals surface area contributed by atoms with E-state index in [4.69, 9.17) is 5.73 Å². The zero-order chi connectivity index (χ0) is 24.7. The normalized spacial score (nSPS) is 11.6. The average molecular weight is 461 g/mol. The Morgan fingerprint density at radius 1 is 0.912 bits per heavy atom. The van der Waals surface area contributed by atoms with Gasteiger partial charge in [0, 0.05) is 18.5 Å². The Morgan fingerprint density at radius 2 is 1.53 bits per heavy atom. The number of primary amides is 1. The number of hydrogen-bond donors (Lipinski definition) is 3. The lowest BCUT2D eigenvalue weighted by atomic mass is 10.0. The summed E-state index contributed by atoms with van der Waals surface area (Å²) in [5.74, 6) is -2.26. The van der Waals surface area contributed by atoms with Gasteiger partial charge in [-0.2, -0.15) is 0 Å². The molecule has 0 aliphatic heterocycles. The van der Waals surface area contributed by atoms with Crippen LogP contribution < -0.4 is 5.73 Å². The maximum absolute atomic E-state index is 13.5. The fourth-order valence-corrected chi connectivity index (χ4v) is 3.80. The molecule has 0 aromatic heterocycles. The van der Waals surface area contributed by atoms with Gasteiger partial charge < -0.3 is 20.8 Å². The molecule has 7 heteroatoms. The van der Waals surface area contributed by atoms with E-state index in [9.17, 15) is 24.6 Å². The molecule has 0 saturated heterocycles. The molecular weight excluding hydrogens is 432 g/mol. The van der Waals surface area contributed by atoms with Gasteiger partial charge in [-0.05, 0) is 47.7 Å². The molecule has 34 heavy (non-hydrogen) atoms. The van der Waals surface area contributed by atoms with Gasteiger partial charge in [0.2, 0.25) is 5.91 Å². The summed E-state index contributed by atoms with van der Waals surface area (Å²) in [7, 11) is 0. The Kier molecular flexibility index (Phi) is 8.16. The molecule has 0 heterocycles. The number of carbonyl (C=O) groups excluding carboxylic acids is 2. The minimum absolute atomic E-state index is 0.0367. The molecule has 176 valence electrons. The molecule has 3 rings (SSSR count). The number of aryl methyl sites for hydroxylation is 1. The lowest BCUT2D eigenvalue weighted by Crippen LogP contribution is -2.45. The number of nitrogens with zero attached hydrogens (tertiary/aromatic N) is 1. The number of nitrogens with two attached hydrogens (primary N) is 1. The van der Waals surface area contributed by atoms with Crippen LogP contribution >= 0.6 is 0 Å². The molecule has 0 unspecified atom stereocenters. The van der Waals surface area contributed by atoms with Crippen LogP contribution in [-0.2, 0) is 22.7 Å². The number of amides is 2. The van der Waals surface area contributed by atoms with Gasteiger partial charge in [0.05, 0.1) is 6.61 Å². The average Bonchev–Trinajstić information content (AvgIpc) is 2.83. The van der Waals surface area contributed by atoms with E-state index >= 15 is 0 Å². The lowest BCUT2D eigenvalue weighted by molar-refractivity contribution is -0.143. The van der Waals surface area contributed by atoms with Crippen LogP contribution in [0.25, 0.3) is 11.1 Å². The van der Waals surface area contributed by atoms with Crippen LogP contribution in [0, 0.1) is 6.92 Å². The molecule has 7 nitrogen and oxygen atoms in total. The maximum atomic E-state index is 13.5. The SMILES string of the molecule is Cc1cccc(CN(C(=O)c2ccc(-c3ccc(CO)cc3)cc2)[C@@H](CCC(N)=O)C(=O)O)c1. The van der Waals surface area contributed by atoms with Gasteiger partial charge in [0.25, 0.3) is 5.91 Å². The maximum Gasteiger partial charge on any atom is 0.326 e. The van der Waals surface area contributed by atoms with Gasteiger partial charge in [-0.3, -0.25) is 9.59 Å². The third-order valence-electron chi connectivity index (χ3n) is 5.62. The van der Waals surface area contributed by atoms with Crippen molar-refractivity contribution in [2.24, 2.45) is 5.73 Å². The highest BCUT2D eigenvalue weighted by Gasteiger charge is 2.30. The number of aliphatic hydroxyl groups is 1. The van der Waals surface area contributed by atoms with E-state index in [2.05, 4.69) is 0 Å². The fraction of sp³-hybridized carbons (Fsp3) is 0.222. The number of carboxylic acid groups (broad SMARTS) is 1. The fourth-order valence-electron chi connectivity index (χ4n) is 3.80. The molecule has 3 aromatic carbocycles. The predicted octanol–water partition coefficient (Wildman–Crippen LogP) is 3.52. The van der Waals surface area contributed by atoms with Gasteiger partial charge in [0.15, 0.2) is 0 Å². The highest BCUT2D eigenvalue weighted by Crippen LogP contribution is 2.23. The number of benzene rings is 3. The summed E-state index contributed by atoms with van der Waals surface area (Å²) in [5, 5.41) is 19.1. The number of aliphatic hydroxyl groups excluding tert-OH is 1. The first-order valence-electron chi connectivity index (χ1n) is 11.0. The molecule has 0 aliphatic rings. The van der Waals surface area contributed by atoms with Gasteiger partial charge >= 0.3 is 5.97 Å². The Balaban J connectivity index is 1.91. The van der Waals surface area contributed by atoms with Crippen LogP contribution in [0.2, 0.25) is 0 Å². The van der Waals surface area contributed by atoms with E-state index in [1.807, 2.05) is 55.5 Å². The molecule has 0 aliphatic carbocycles. The Bertz CT molecular complexity index is 1160. The second kappa shape index (κ2) is 11.2. The molecular formula is C27H28N2O5. The summed E-state index contributed by atoms with van der Waals surface area (Å²) in [4.78, 5) is 38.1. The molecule has 2 amide bonds. The van der Waals surface area contributed by atoms with Crippen LogP contribution in [-0.4, -0.2) is 38.9 Å². The monoisotopic (exact) mass is 460 g/mol. The highest BCUT2D eigenvalue weighted by atomic mass is 16.4. The first-order chi connectivity index (χ1) is 16.3. The van der Waals surface area contributed by atoms with Crippen molar-refractivity contribution in [2.45, 2.75) is 39.0 Å². The largest absolute Gasteiger partial charge is 0.480 e. The minimum Gasteiger partial charge on any atom is -0.480 e. The van der Waals surface area contributed by atoms with Gasteiger partial charge in [-0.15, -0.1) is 0 Å². The molecule has 0 saturated carbocycles. The van der Waals surface area contributed by atoms with E-state index in [0.717, 1.165) is 27.8 Å². The number of aliphatic carboxylic acids is 1. The Labute approximate surface area is 198 Å². The first kappa shape index (κ1) is 24.7. The van der Waals surface area contributed by atoms with Gasteiger partial charge in [0.1, 0.15) is 6.04 Å². The zero-order valence-corrected chi connectivity index (χ0v) is 19.0. The van der Waals surface area contributed by atoms with Crippen LogP contribution in [0.3, 0.4) is 0 Å². The van der Waals surface area contributed by atoms with E-state index < -0.39 is 23.8 Å². The van der Waals surface area contributed by atoms with Crippen LogP contribution in [0.4, 0.5) is 0 Å². The number of carbonyl (C=O) groups is 3. The predicted molar refractivity (Wildman–Crippen MR) is 129 cm³/mol.